The van der Waals surface area contributed by atoms with E-state index in [0.29, 0.717) is 5.92 Å². The van der Waals surface area contributed by atoms with Crippen molar-refractivity contribution in [1.29, 1.82) is 0 Å². The van der Waals surface area contributed by atoms with Crippen molar-refractivity contribution in [2.75, 3.05) is 5.73 Å². The highest BCUT2D eigenvalue weighted by Gasteiger charge is 2.37. The Bertz CT molecular complexity index is 560. The molecule has 0 spiro atoms. The fourth-order valence-electron chi connectivity index (χ4n) is 1.54. The minimum atomic E-state index is -3.71. The highest BCUT2D eigenvalue weighted by atomic mass is 35.5. The molecule has 1 fully saturated rings. The number of sulfonamides is 1. The Morgan fingerprint density at radius 1 is 1.41 bits per heavy atom. The van der Waals surface area contributed by atoms with Crippen molar-refractivity contribution in [2.24, 2.45) is 5.92 Å². The van der Waals surface area contributed by atoms with Gasteiger partial charge in [-0.2, -0.15) is 0 Å². The molecule has 1 aromatic rings. The topological polar surface area (TPSA) is 72.2 Å². The summed E-state index contributed by atoms with van der Waals surface area (Å²) in [4.78, 5) is -0.139. The number of nitrogen functional groups attached to an aromatic ring is 1. The maximum absolute atomic E-state index is 12.1. The van der Waals surface area contributed by atoms with Crippen molar-refractivity contribution in [2.45, 2.75) is 24.3 Å². The number of hydrogen-bond acceptors (Lipinski definition) is 3. The van der Waals surface area contributed by atoms with Crippen molar-refractivity contribution in [3.8, 4) is 0 Å². The van der Waals surface area contributed by atoms with Crippen LogP contribution in [-0.2, 0) is 10.0 Å². The van der Waals surface area contributed by atoms with Crippen molar-refractivity contribution >= 4 is 38.9 Å². The summed E-state index contributed by atoms with van der Waals surface area (Å²) in [6.45, 7) is 1.97. The van der Waals surface area contributed by atoms with Crippen LogP contribution in [0, 0.1) is 5.92 Å². The highest BCUT2D eigenvalue weighted by molar-refractivity contribution is 7.89. The quantitative estimate of drug-likeness (QED) is 0.840. The van der Waals surface area contributed by atoms with Gasteiger partial charge in [0.1, 0.15) is 4.90 Å². The first-order valence-corrected chi connectivity index (χ1v) is 7.32. The summed E-state index contributed by atoms with van der Waals surface area (Å²) in [7, 11) is -3.71. The highest BCUT2D eigenvalue weighted by Crippen LogP contribution is 2.36. The van der Waals surface area contributed by atoms with Gasteiger partial charge < -0.3 is 5.73 Å². The summed E-state index contributed by atoms with van der Waals surface area (Å²) in [6.07, 6.45) is 0.830. The molecule has 1 aliphatic rings. The number of halogens is 2. The number of nitrogens with one attached hydrogen (secondary N) is 1. The normalized spacial score (nSPS) is 23.7. The Morgan fingerprint density at radius 2 is 2.00 bits per heavy atom. The number of anilines is 1. The fourth-order valence-corrected chi connectivity index (χ4v) is 4.04. The molecule has 2 unspecified atom stereocenters. The maximum Gasteiger partial charge on any atom is 0.243 e. The SMILES string of the molecule is CC1CC1NS(=O)(=O)c1c(Cl)ccc(N)c1Cl. The first kappa shape index (κ1) is 13.0. The second-order valence-electron chi connectivity index (χ2n) is 4.22. The van der Waals surface area contributed by atoms with Gasteiger partial charge in [-0.05, 0) is 24.5 Å². The van der Waals surface area contributed by atoms with Gasteiger partial charge in [-0.1, -0.05) is 30.1 Å². The molecule has 0 heterocycles. The first-order valence-electron chi connectivity index (χ1n) is 5.08. The van der Waals surface area contributed by atoms with Crippen molar-refractivity contribution in [3.63, 3.8) is 0 Å². The van der Waals surface area contributed by atoms with Gasteiger partial charge in [0.25, 0.3) is 0 Å². The molecule has 1 aliphatic carbocycles. The summed E-state index contributed by atoms with van der Waals surface area (Å²) < 4.78 is 26.7. The Balaban J connectivity index is 2.42. The first-order chi connectivity index (χ1) is 7.83. The lowest BCUT2D eigenvalue weighted by molar-refractivity contribution is 0.578. The van der Waals surface area contributed by atoms with Crippen LogP contribution in [0.4, 0.5) is 5.69 Å². The smallest absolute Gasteiger partial charge is 0.243 e. The monoisotopic (exact) mass is 294 g/mol. The van der Waals surface area contributed by atoms with Crippen LogP contribution in [0.2, 0.25) is 10.0 Å². The Hall–Kier alpha value is -0.490. The minimum Gasteiger partial charge on any atom is -0.397 e. The molecule has 1 saturated carbocycles. The molecule has 7 heteroatoms. The standard InChI is InChI=1S/C10H12Cl2N2O2S/c1-5-4-8(5)14-17(15,16)10-6(11)2-3-7(13)9(10)12/h2-3,5,8,14H,4,13H2,1H3. The summed E-state index contributed by atoms with van der Waals surface area (Å²) >= 11 is 11.8. The average molecular weight is 295 g/mol. The lowest BCUT2D eigenvalue weighted by atomic mass is 10.3. The molecule has 2 atom stereocenters. The van der Waals surface area contributed by atoms with Gasteiger partial charge in [-0.25, -0.2) is 13.1 Å². The van der Waals surface area contributed by atoms with Crippen LogP contribution >= 0.6 is 23.2 Å². The third-order valence-electron chi connectivity index (χ3n) is 2.76. The van der Waals surface area contributed by atoms with Crippen molar-refractivity contribution < 1.29 is 8.42 Å². The number of benzene rings is 1. The van der Waals surface area contributed by atoms with E-state index in [4.69, 9.17) is 28.9 Å². The lowest BCUT2D eigenvalue weighted by Crippen LogP contribution is -2.27. The zero-order valence-corrected chi connectivity index (χ0v) is 11.4. The van der Waals surface area contributed by atoms with Crippen LogP contribution in [0.5, 0.6) is 0 Å². The number of hydrogen-bond donors (Lipinski definition) is 2. The molecule has 0 aliphatic heterocycles. The van der Waals surface area contributed by atoms with E-state index < -0.39 is 10.0 Å². The Morgan fingerprint density at radius 3 is 2.53 bits per heavy atom. The van der Waals surface area contributed by atoms with Gasteiger partial charge in [0.05, 0.1) is 15.7 Å². The summed E-state index contributed by atoms with van der Waals surface area (Å²) in [5, 5.41) is 0.0447. The Kier molecular flexibility index (Phi) is 3.29. The summed E-state index contributed by atoms with van der Waals surface area (Å²) in [5.41, 5.74) is 5.77. The number of rotatable bonds is 3. The van der Waals surface area contributed by atoms with E-state index in [1.165, 1.54) is 12.1 Å². The Labute approximate surface area is 110 Å². The molecule has 0 amide bonds. The second kappa shape index (κ2) is 4.31. The molecular weight excluding hydrogens is 283 g/mol. The van der Waals surface area contributed by atoms with Crippen LogP contribution in [-0.4, -0.2) is 14.5 Å². The van der Waals surface area contributed by atoms with Gasteiger partial charge in [0.15, 0.2) is 0 Å². The molecule has 0 saturated heterocycles. The van der Waals surface area contributed by atoms with E-state index in [9.17, 15) is 8.42 Å². The summed E-state index contributed by atoms with van der Waals surface area (Å²) in [6, 6.07) is 2.87. The lowest BCUT2D eigenvalue weighted by Gasteiger charge is -2.11. The predicted octanol–water partition coefficient (Wildman–Crippen LogP) is 2.26. The largest absolute Gasteiger partial charge is 0.397 e. The molecule has 4 nitrogen and oxygen atoms in total. The average Bonchev–Trinajstić information content (AvgIpc) is 2.87. The van der Waals surface area contributed by atoms with Gasteiger partial charge in [-0.3, -0.25) is 0 Å². The van der Waals surface area contributed by atoms with Crippen LogP contribution in [0.25, 0.3) is 0 Å². The maximum atomic E-state index is 12.1. The molecule has 0 aromatic heterocycles. The van der Waals surface area contributed by atoms with E-state index in [1.807, 2.05) is 6.92 Å². The van der Waals surface area contributed by atoms with E-state index in [2.05, 4.69) is 4.72 Å². The van der Waals surface area contributed by atoms with Crippen LogP contribution in [0.3, 0.4) is 0 Å². The minimum absolute atomic E-state index is 0.0293. The molecular formula is C10H12Cl2N2O2S. The molecule has 94 valence electrons. The van der Waals surface area contributed by atoms with Crippen LogP contribution in [0.1, 0.15) is 13.3 Å². The second-order valence-corrected chi connectivity index (χ2v) is 6.66. The molecule has 0 radical (unpaired) electrons. The molecule has 0 bridgehead atoms. The van der Waals surface area contributed by atoms with E-state index >= 15 is 0 Å². The van der Waals surface area contributed by atoms with Crippen LogP contribution < -0.4 is 10.5 Å². The van der Waals surface area contributed by atoms with Crippen LogP contribution in [0.15, 0.2) is 17.0 Å². The molecule has 1 aromatic carbocycles. The molecule has 3 N–H and O–H groups in total. The van der Waals surface area contributed by atoms with Crippen molar-refractivity contribution in [3.05, 3.63) is 22.2 Å². The third-order valence-corrected chi connectivity index (χ3v) is 5.28. The van der Waals surface area contributed by atoms with E-state index in [-0.39, 0.29) is 26.7 Å². The van der Waals surface area contributed by atoms with Crippen molar-refractivity contribution in [1.82, 2.24) is 4.72 Å². The molecule has 17 heavy (non-hydrogen) atoms. The zero-order chi connectivity index (χ0) is 12.8. The van der Waals surface area contributed by atoms with E-state index in [1.54, 1.807) is 0 Å². The summed E-state index contributed by atoms with van der Waals surface area (Å²) in [5.74, 6) is 0.350. The third kappa shape index (κ3) is 2.52. The van der Waals surface area contributed by atoms with Gasteiger partial charge in [-0.15, -0.1) is 0 Å². The van der Waals surface area contributed by atoms with Gasteiger partial charge in [0, 0.05) is 6.04 Å². The van der Waals surface area contributed by atoms with Gasteiger partial charge >= 0.3 is 0 Å². The number of nitrogens with two attached hydrogens (primary N) is 1. The fraction of sp³-hybridized carbons (Fsp3) is 0.400. The molecule has 2 rings (SSSR count). The zero-order valence-electron chi connectivity index (χ0n) is 9.07. The van der Waals surface area contributed by atoms with Gasteiger partial charge in [0.2, 0.25) is 10.0 Å². The predicted molar refractivity (Wildman–Crippen MR) is 68.8 cm³/mol. The van der Waals surface area contributed by atoms with E-state index in [0.717, 1.165) is 6.42 Å².